The highest BCUT2D eigenvalue weighted by atomic mass is 32.2. The first-order valence-electron chi connectivity index (χ1n) is 9.26. The monoisotopic (exact) mass is 385 g/mol. The molecular weight excluding hydrogens is 358 g/mol. The molecule has 2 aromatic rings. The Kier molecular flexibility index (Phi) is 8.71. The minimum Gasteiger partial charge on any atom is -0.397 e. The first-order chi connectivity index (χ1) is 13.1. The highest BCUT2D eigenvalue weighted by Crippen LogP contribution is 2.22. The van der Waals surface area contributed by atoms with Gasteiger partial charge in [-0.15, -0.1) is 11.8 Å². The molecule has 144 valence electrons. The molecule has 5 nitrogen and oxygen atoms in total. The lowest BCUT2D eigenvalue weighted by Gasteiger charge is -2.09. The molecule has 2 rings (SSSR count). The zero-order valence-corrected chi connectivity index (χ0v) is 16.5. The average molecular weight is 386 g/mol. The second-order valence-corrected chi connectivity index (χ2v) is 7.44. The van der Waals surface area contributed by atoms with E-state index in [1.54, 1.807) is 23.9 Å². The standard InChI is InChI=1S/C21H27N3O2S/c1-2-27-19-13-8-5-10-16(19)21(26)23-15-9-3-4-14-20(25)24-18-12-7-6-11-17(18)22/h5-8,10-13H,2-4,9,14-15,22H2,1H3,(H,23,26)(H,24,25). The molecule has 0 unspecified atom stereocenters. The van der Waals surface area contributed by atoms with E-state index in [-0.39, 0.29) is 11.8 Å². The zero-order valence-electron chi connectivity index (χ0n) is 15.7. The van der Waals surface area contributed by atoms with Gasteiger partial charge in [0.25, 0.3) is 5.91 Å². The van der Waals surface area contributed by atoms with Gasteiger partial charge >= 0.3 is 0 Å². The first-order valence-corrected chi connectivity index (χ1v) is 10.2. The Hall–Kier alpha value is -2.47. The second kappa shape index (κ2) is 11.3. The average Bonchev–Trinajstić information content (AvgIpc) is 2.67. The van der Waals surface area contributed by atoms with Crippen LogP contribution in [-0.4, -0.2) is 24.1 Å². The SMILES string of the molecule is CCSc1ccccc1C(=O)NCCCCCC(=O)Nc1ccccc1N. The van der Waals surface area contributed by atoms with Gasteiger partial charge in [0, 0.05) is 17.9 Å². The van der Waals surface area contributed by atoms with Crippen LogP contribution >= 0.6 is 11.8 Å². The molecule has 0 saturated heterocycles. The number of nitrogens with one attached hydrogen (secondary N) is 2. The van der Waals surface area contributed by atoms with Crippen molar-refractivity contribution >= 4 is 35.0 Å². The number of carbonyl (C=O) groups excluding carboxylic acids is 2. The number of benzene rings is 2. The number of hydrogen-bond acceptors (Lipinski definition) is 4. The van der Waals surface area contributed by atoms with Crippen LogP contribution in [0.5, 0.6) is 0 Å². The molecule has 0 fully saturated rings. The number of rotatable bonds is 10. The molecular formula is C21H27N3O2S. The van der Waals surface area contributed by atoms with Crippen LogP contribution in [0.3, 0.4) is 0 Å². The first kappa shape index (κ1) is 20.8. The Labute approximate surface area is 165 Å². The van der Waals surface area contributed by atoms with Crippen LogP contribution in [0.15, 0.2) is 53.4 Å². The molecule has 0 aromatic heterocycles. The van der Waals surface area contributed by atoms with Gasteiger partial charge < -0.3 is 16.4 Å². The van der Waals surface area contributed by atoms with Crippen molar-refractivity contribution in [3.63, 3.8) is 0 Å². The molecule has 0 radical (unpaired) electrons. The van der Waals surface area contributed by atoms with Crippen LogP contribution < -0.4 is 16.4 Å². The molecule has 0 saturated carbocycles. The van der Waals surface area contributed by atoms with Crippen LogP contribution in [-0.2, 0) is 4.79 Å². The van der Waals surface area contributed by atoms with Crippen LogP contribution in [0, 0.1) is 0 Å². The van der Waals surface area contributed by atoms with E-state index in [0.29, 0.717) is 24.3 Å². The van der Waals surface area contributed by atoms with E-state index in [4.69, 9.17) is 5.73 Å². The number of carbonyl (C=O) groups is 2. The molecule has 0 aliphatic heterocycles. The molecule has 0 aliphatic carbocycles. The van der Waals surface area contributed by atoms with Gasteiger partial charge in [0.05, 0.1) is 16.9 Å². The van der Waals surface area contributed by atoms with Gasteiger partial charge in [0.2, 0.25) is 5.91 Å². The van der Waals surface area contributed by atoms with E-state index < -0.39 is 0 Å². The minimum atomic E-state index is -0.0394. The van der Waals surface area contributed by atoms with Crippen molar-refractivity contribution in [2.45, 2.75) is 37.5 Å². The number of amides is 2. The fourth-order valence-corrected chi connectivity index (χ4v) is 3.45. The normalized spacial score (nSPS) is 10.4. The van der Waals surface area contributed by atoms with Crippen LogP contribution in [0.25, 0.3) is 0 Å². The predicted octanol–water partition coefficient (Wildman–Crippen LogP) is 4.31. The molecule has 0 heterocycles. The number of nitrogens with two attached hydrogens (primary N) is 1. The predicted molar refractivity (Wildman–Crippen MR) is 113 cm³/mol. The molecule has 0 bridgehead atoms. The number of hydrogen-bond donors (Lipinski definition) is 3. The molecule has 2 amide bonds. The van der Waals surface area contributed by atoms with Crippen molar-refractivity contribution in [3.05, 3.63) is 54.1 Å². The van der Waals surface area contributed by atoms with Gasteiger partial charge in [-0.1, -0.05) is 37.6 Å². The number of thioether (sulfide) groups is 1. The molecule has 0 spiro atoms. The van der Waals surface area contributed by atoms with E-state index in [0.717, 1.165) is 35.5 Å². The minimum absolute atomic E-state index is 0.0381. The fraction of sp³-hybridized carbons (Fsp3) is 0.333. The summed E-state index contributed by atoms with van der Waals surface area (Å²) in [4.78, 5) is 25.3. The second-order valence-electron chi connectivity index (χ2n) is 6.13. The Balaban J connectivity index is 1.64. The highest BCUT2D eigenvalue weighted by Gasteiger charge is 2.10. The summed E-state index contributed by atoms with van der Waals surface area (Å²) in [6, 6.07) is 14.9. The Morgan fingerprint density at radius 3 is 2.52 bits per heavy atom. The molecule has 2 aromatic carbocycles. The fourth-order valence-electron chi connectivity index (χ4n) is 2.64. The molecule has 27 heavy (non-hydrogen) atoms. The summed E-state index contributed by atoms with van der Waals surface area (Å²) >= 11 is 1.67. The largest absolute Gasteiger partial charge is 0.397 e. The van der Waals surface area contributed by atoms with Gasteiger partial charge in [0.1, 0.15) is 0 Å². The lowest BCUT2D eigenvalue weighted by atomic mass is 10.1. The quantitative estimate of drug-likeness (QED) is 0.323. The van der Waals surface area contributed by atoms with Gasteiger partial charge in [-0.05, 0) is 42.9 Å². The Morgan fingerprint density at radius 1 is 1.00 bits per heavy atom. The van der Waals surface area contributed by atoms with Crippen molar-refractivity contribution in [2.24, 2.45) is 0 Å². The molecule has 0 aliphatic rings. The lowest BCUT2D eigenvalue weighted by Crippen LogP contribution is -2.25. The van der Waals surface area contributed by atoms with Crippen molar-refractivity contribution in [1.29, 1.82) is 0 Å². The zero-order chi connectivity index (χ0) is 19.5. The van der Waals surface area contributed by atoms with Gasteiger partial charge in [-0.3, -0.25) is 9.59 Å². The lowest BCUT2D eigenvalue weighted by molar-refractivity contribution is -0.116. The number of anilines is 2. The number of nitrogen functional groups attached to an aromatic ring is 1. The van der Waals surface area contributed by atoms with Gasteiger partial charge in [-0.25, -0.2) is 0 Å². The van der Waals surface area contributed by atoms with Crippen molar-refractivity contribution in [2.75, 3.05) is 23.3 Å². The summed E-state index contributed by atoms with van der Waals surface area (Å²) in [6.07, 6.45) is 2.94. The van der Waals surface area contributed by atoms with E-state index in [2.05, 4.69) is 17.6 Å². The van der Waals surface area contributed by atoms with Crippen molar-refractivity contribution in [3.8, 4) is 0 Å². The summed E-state index contributed by atoms with van der Waals surface area (Å²) in [5.74, 6) is 0.854. The van der Waals surface area contributed by atoms with Gasteiger partial charge in [0.15, 0.2) is 0 Å². The van der Waals surface area contributed by atoms with E-state index >= 15 is 0 Å². The maximum absolute atomic E-state index is 12.3. The summed E-state index contributed by atoms with van der Waals surface area (Å²) in [6.45, 7) is 2.68. The van der Waals surface area contributed by atoms with Crippen LogP contribution in [0.2, 0.25) is 0 Å². The Morgan fingerprint density at radius 2 is 1.74 bits per heavy atom. The summed E-state index contributed by atoms with van der Waals surface area (Å²) in [5, 5.41) is 5.79. The summed E-state index contributed by atoms with van der Waals surface area (Å²) in [7, 11) is 0. The van der Waals surface area contributed by atoms with Gasteiger partial charge in [-0.2, -0.15) is 0 Å². The van der Waals surface area contributed by atoms with Crippen LogP contribution in [0.4, 0.5) is 11.4 Å². The van der Waals surface area contributed by atoms with Crippen molar-refractivity contribution in [1.82, 2.24) is 5.32 Å². The maximum Gasteiger partial charge on any atom is 0.252 e. The third-order valence-corrected chi connectivity index (χ3v) is 4.99. The third kappa shape index (κ3) is 6.98. The van der Waals surface area contributed by atoms with E-state index in [1.807, 2.05) is 36.4 Å². The summed E-state index contributed by atoms with van der Waals surface area (Å²) in [5.41, 5.74) is 7.75. The smallest absolute Gasteiger partial charge is 0.252 e. The molecule has 6 heteroatoms. The van der Waals surface area contributed by atoms with Crippen molar-refractivity contribution < 1.29 is 9.59 Å². The van der Waals surface area contributed by atoms with Crippen LogP contribution in [0.1, 0.15) is 43.0 Å². The number of unbranched alkanes of at least 4 members (excludes halogenated alkanes) is 2. The Bertz CT molecular complexity index is 765. The van der Waals surface area contributed by atoms with E-state index in [9.17, 15) is 9.59 Å². The third-order valence-electron chi connectivity index (χ3n) is 4.03. The number of para-hydroxylation sites is 2. The highest BCUT2D eigenvalue weighted by molar-refractivity contribution is 7.99. The van der Waals surface area contributed by atoms with E-state index in [1.165, 1.54) is 0 Å². The summed E-state index contributed by atoms with van der Waals surface area (Å²) < 4.78 is 0. The molecule has 0 atom stereocenters. The molecule has 4 N–H and O–H groups in total. The maximum atomic E-state index is 12.3. The topological polar surface area (TPSA) is 84.2 Å².